The van der Waals surface area contributed by atoms with Gasteiger partial charge in [-0.2, -0.15) is 0 Å². The van der Waals surface area contributed by atoms with Crippen molar-refractivity contribution in [3.63, 3.8) is 0 Å². The molecule has 0 unspecified atom stereocenters. The number of aromatic nitrogens is 2. The van der Waals surface area contributed by atoms with Crippen LogP contribution >= 0.6 is 11.3 Å². The minimum atomic E-state index is -0.0254. The molecule has 1 amide bonds. The summed E-state index contributed by atoms with van der Waals surface area (Å²) in [5.74, 6) is 0.870. The molecule has 3 rings (SSSR count). The van der Waals surface area contributed by atoms with Crippen LogP contribution in [0.15, 0.2) is 36.4 Å². The number of para-hydroxylation sites is 2. The maximum absolute atomic E-state index is 11.8. The average molecular weight is 285 g/mol. The monoisotopic (exact) mass is 285 g/mol. The third-order valence-corrected chi connectivity index (χ3v) is 4.25. The highest BCUT2D eigenvalue weighted by molar-refractivity contribution is 7.17. The summed E-state index contributed by atoms with van der Waals surface area (Å²) < 4.78 is 2.06. The lowest BCUT2D eigenvalue weighted by atomic mass is 10.3. The average Bonchev–Trinajstić information content (AvgIpc) is 3.05. The minimum Gasteiger partial charge on any atom is -0.352 e. The van der Waals surface area contributed by atoms with Gasteiger partial charge in [0, 0.05) is 13.6 Å². The molecule has 20 heavy (non-hydrogen) atoms. The molecule has 1 aromatic carbocycles. The van der Waals surface area contributed by atoms with Crippen molar-refractivity contribution in [2.24, 2.45) is 7.05 Å². The summed E-state index contributed by atoms with van der Waals surface area (Å²) in [4.78, 5) is 18.2. The van der Waals surface area contributed by atoms with E-state index in [0.29, 0.717) is 11.4 Å². The largest absolute Gasteiger partial charge is 0.352 e. The predicted octanol–water partition coefficient (Wildman–Crippen LogP) is 3.05. The van der Waals surface area contributed by atoms with Crippen molar-refractivity contribution < 1.29 is 4.79 Å². The summed E-state index contributed by atoms with van der Waals surface area (Å²) in [6.07, 6.45) is 0. The number of hydrogen-bond acceptors (Lipinski definition) is 3. The van der Waals surface area contributed by atoms with Gasteiger partial charge in [0.2, 0.25) is 0 Å². The van der Waals surface area contributed by atoms with E-state index >= 15 is 0 Å². The van der Waals surface area contributed by atoms with Gasteiger partial charge in [-0.25, -0.2) is 4.98 Å². The molecule has 0 radical (unpaired) electrons. The molecule has 0 aliphatic rings. The number of carbonyl (C=O) groups excluding carboxylic acids is 1. The number of benzene rings is 1. The lowest BCUT2D eigenvalue weighted by Gasteiger charge is -1.99. The van der Waals surface area contributed by atoms with E-state index < -0.39 is 0 Å². The SMILES string of the molecule is CCNC(=O)c1ccc(-c2nc3ccccc3n2C)s1. The van der Waals surface area contributed by atoms with Gasteiger partial charge in [-0.1, -0.05) is 12.1 Å². The quantitative estimate of drug-likeness (QED) is 0.804. The van der Waals surface area contributed by atoms with Crippen LogP contribution in [-0.4, -0.2) is 22.0 Å². The van der Waals surface area contributed by atoms with Crippen molar-refractivity contribution >= 4 is 28.3 Å². The number of aryl methyl sites for hydroxylation is 1. The highest BCUT2D eigenvalue weighted by Gasteiger charge is 2.14. The Balaban J connectivity index is 2.03. The molecule has 1 N–H and O–H groups in total. The van der Waals surface area contributed by atoms with E-state index in [1.807, 2.05) is 50.4 Å². The zero-order chi connectivity index (χ0) is 14.1. The number of rotatable bonds is 3. The summed E-state index contributed by atoms with van der Waals surface area (Å²) in [6.45, 7) is 2.55. The van der Waals surface area contributed by atoms with Crippen LogP contribution in [-0.2, 0) is 7.05 Å². The molecule has 0 atom stereocenters. The second kappa shape index (κ2) is 5.09. The normalized spacial score (nSPS) is 10.9. The van der Waals surface area contributed by atoms with E-state index in [-0.39, 0.29) is 5.91 Å². The molecule has 4 nitrogen and oxygen atoms in total. The van der Waals surface area contributed by atoms with Crippen molar-refractivity contribution in [3.05, 3.63) is 41.3 Å². The Morgan fingerprint density at radius 1 is 1.30 bits per heavy atom. The van der Waals surface area contributed by atoms with Crippen LogP contribution in [0.5, 0.6) is 0 Å². The fraction of sp³-hybridized carbons (Fsp3) is 0.200. The molecule has 0 aliphatic carbocycles. The first-order valence-corrected chi connectivity index (χ1v) is 7.32. The van der Waals surface area contributed by atoms with Gasteiger partial charge in [0.25, 0.3) is 5.91 Å². The van der Waals surface area contributed by atoms with Crippen LogP contribution in [0.4, 0.5) is 0 Å². The number of nitrogens with one attached hydrogen (secondary N) is 1. The number of thiophene rings is 1. The topological polar surface area (TPSA) is 46.9 Å². The van der Waals surface area contributed by atoms with E-state index in [1.54, 1.807) is 0 Å². The molecule has 3 aromatic rings. The van der Waals surface area contributed by atoms with Crippen molar-refractivity contribution in [1.82, 2.24) is 14.9 Å². The van der Waals surface area contributed by atoms with E-state index in [4.69, 9.17) is 0 Å². The van der Waals surface area contributed by atoms with Gasteiger partial charge in [-0.05, 0) is 31.2 Å². The van der Waals surface area contributed by atoms with Crippen LogP contribution < -0.4 is 5.32 Å². The number of amides is 1. The Labute approximate surface area is 121 Å². The van der Waals surface area contributed by atoms with Gasteiger partial charge in [0.1, 0.15) is 0 Å². The highest BCUT2D eigenvalue weighted by Crippen LogP contribution is 2.29. The zero-order valence-electron chi connectivity index (χ0n) is 11.4. The zero-order valence-corrected chi connectivity index (χ0v) is 12.2. The summed E-state index contributed by atoms with van der Waals surface area (Å²) in [7, 11) is 2.00. The Morgan fingerprint density at radius 2 is 2.10 bits per heavy atom. The highest BCUT2D eigenvalue weighted by atomic mass is 32.1. The van der Waals surface area contributed by atoms with Gasteiger partial charge in [0.15, 0.2) is 5.82 Å². The van der Waals surface area contributed by atoms with Crippen LogP contribution in [0.25, 0.3) is 21.7 Å². The predicted molar refractivity (Wildman–Crippen MR) is 82.0 cm³/mol. The third-order valence-electron chi connectivity index (χ3n) is 3.17. The molecule has 0 aliphatic heterocycles. The molecule has 0 saturated carbocycles. The summed E-state index contributed by atoms with van der Waals surface area (Å²) in [5.41, 5.74) is 2.06. The summed E-state index contributed by atoms with van der Waals surface area (Å²) in [6, 6.07) is 11.8. The number of carbonyl (C=O) groups is 1. The van der Waals surface area contributed by atoms with Crippen LogP contribution in [0.2, 0.25) is 0 Å². The maximum atomic E-state index is 11.8. The number of fused-ring (bicyclic) bond motifs is 1. The van der Waals surface area contributed by atoms with Gasteiger partial charge in [0.05, 0.1) is 20.8 Å². The molecule has 2 aromatic heterocycles. The van der Waals surface area contributed by atoms with Gasteiger partial charge < -0.3 is 9.88 Å². The van der Waals surface area contributed by atoms with Crippen molar-refractivity contribution in [2.45, 2.75) is 6.92 Å². The van der Waals surface area contributed by atoms with E-state index in [9.17, 15) is 4.79 Å². The van der Waals surface area contributed by atoms with Crippen LogP contribution in [0.3, 0.4) is 0 Å². The second-order valence-corrected chi connectivity index (χ2v) is 5.59. The molecule has 0 fully saturated rings. The van der Waals surface area contributed by atoms with Crippen molar-refractivity contribution in [1.29, 1.82) is 0 Å². The molecule has 0 saturated heterocycles. The maximum Gasteiger partial charge on any atom is 0.261 e. The smallest absolute Gasteiger partial charge is 0.261 e. The first kappa shape index (κ1) is 12.9. The Kier molecular flexibility index (Phi) is 3.28. The van der Waals surface area contributed by atoms with Gasteiger partial charge in [-0.15, -0.1) is 11.3 Å². The molecule has 102 valence electrons. The Hall–Kier alpha value is -2.14. The minimum absolute atomic E-state index is 0.0254. The van der Waals surface area contributed by atoms with E-state index in [1.165, 1.54) is 11.3 Å². The number of nitrogens with zero attached hydrogens (tertiary/aromatic N) is 2. The van der Waals surface area contributed by atoms with Crippen LogP contribution in [0, 0.1) is 0 Å². The van der Waals surface area contributed by atoms with Crippen LogP contribution in [0.1, 0.15) is 16.6 Å². The van der Waals surface area contributed by atoms with E-state index in [0.717, 1.165) is 21.7 Å². The molecule has 0 spiro atoms. The van der Waals surface area contributed by atoms with Gasteiger partial charge >= 0.3 is 0 Å². The molecule has 2 heterocycles. The molecular weight excluding hydrogens is 270 g/mol. The second-order valence-electron chi connectivity index (χ2n) is 4.51. The lowest BCUT2D eigenvalue weighted by molar-refractivity contribution is 0.0960. The lowest BCUT2D eigenvalue weighted by Crippen LogP contribution is -2.21. The number of hydrogen-bond donors (Lipinski definition) is 1. The Morgan fingerprint density at radius 3 is 2.85 bits per heavy atom. The Bertz CT molecular complexity index is 772. The molecule has 5 heteroatoms. The van der Waals surface area contributed by atoms with Gasteiger partial charge in [-0.3, -0.25) is 4.79 Å². The fourth-order valence-electron chi connectivity index (χ4n) is 2.19. The standard InChI is InChI=1S/C15H15N3OS/c1-3-16-15(19)13-9-8-12(20-13)14-17-10-6-4-5-7-11(10)18(14)2/h4-9H,3H2,1-2H3,(H,16,19). The summed E-state index contributed by atoms with van der Waals surface area (Å²) >= 11 is 1.47. The first-order valence-electron chi connectivity index (χ1n) is 6.50. The van der Waals surface area contributed by atoms with Crippen molar-refractivity contribution in [2.75, 3.05) is 6.54 Å². The molecule has 0 bridgehead atoms. The third kappa shape index (κ3) is 2.10. The molecular formula is C15H15N3OS. The first-order chi connectivity index (χ1) is 9.70. The number of imidazole rings is 1. The van der Waals surface area contributed by atoms with Crippen molar-refractivity contribution in [3.8, 4) is 10.7 Å². The van der Waals surface area contributed by atoms with E-state index in [2.05, 4.69) is 14.9 Å². The summed E-state index contributed by atoms with van der Waals surface area (Å²) in [5, 5.41) is 2.81. The fourth-order valence-corrected chi connectivity index (χ4v) is 3.14.